The van der Waals surface area contributed by atoms with Crippen molar-refractivity contribution in [3.63, 3.8) is 0 Å². The highest BCUT2D eigenvalue weighted by Gasteiger charge is 2.05. The molecule has 0 spiro atoms. The summed E-state index contributed by atoms with van der Waals surface area (Å²) in [4.78, 5) is 11.3. The van der Waals surface area contributed by atoms with E-state index < -0.39 is 0 Å². The molecule has 0 bridgehead atoms. The Bertz CT molecular complexity index is 722. The highest BCUT2D eigenvalue weighted by molar-refractivity contribution is 14.0. The highest BCUT2D eigenvalue weighted by Crippen LogP contribution is 2.17. The van der Waals surface area contributed by atoms with Crippen LogP contribution in [-0.2, 0) is 17.8 Å². The molecule has 0 unspecified atom stereocenters. The minimum absolute atomic E-state index is 0. The van der Waals surface area contributed by atoms with Gasteiger partial charge in [-0.3, -0.25) is 0 Å². The van der Waals surface area contributed by atoms with E-state index in [4.69, 9.17) is 14.5 Å². The Hall–Kier alpha value is -1.59. The van der Waals surface area contributed by atoms with Crippen LogP contribution in [0.4, 0.5) is 5.13 Å². The van der Waals surface area contributed by atoms with Crippen molar-refractivity contribution in [3.8, 4) is 5.75 Å². The summed E-state index contributed by atoms with van der Waals surface area (Å²) in [6.45, 7) is 5.51. The van der Waals surface area contributed by atoms with Crippen molar-refractivity contribution >= 4 is 46.4 Å². The molecule has 0 aliphatic heterocycles. The molecule has 9 heteroatoms. The molecule has 1 aromatic heterocycles. The van der Waals surface area contributed by atoms with E-state index in [1.165, 1.54) is 0 Å². The van der Waals surface area contributed by atoms with Gasteiger partial charge in [0.15, 0.2) is 11.1 Å². The van der Waals surface area contributed by atoms with Gasteiger partial charge < -0.3 is 25.0 Å². The number of anilines is 1. The van der Waals surface area contributed by atoms with Crippen LogP contribution < -0.4 is 20.3 Å². The van der Waals surface area contributed by atoms with E-state index in [1.54, 1.807) is 18.4 Å². The molecule has 0 radical (unpaired) electrons. The third kappa shape index (κ3) is 9.64. The molecule has 0 aliphatic carbocycles. The Kier molecular flexibility index (Phi) is 12.6. The Labute approximate surface area is 194 Å². The van der Waals surface area contributed by atoms with Gasteiger partial charge in [-0.25, -0.2) is 9.98 Å². The summed E-state index contributed by atoms with van der Waals surface area (Å²) in [5, 5.41) is 9.81. The average molecular weight is 533 g/mol. The molecule has 1 aromatic carbocycles. The number of nitrogens with one attached hydrogen (secondary N) is 2. The molecule has 29 heavy (non-hydrogen) atoms. The summed E-state index contributed by atoms with van der Waals surface area (Å²) in [6.07, 6.45) is 0.929. The normalized spacial score (nSPS) is 11.0. The van der Waals surface area contributed by atoms with E-state index in [2.05, 4.69) is 21.0 Å². The molecular weight excluding hydrogens is 501 g/mol. The smallest absolute Gasteiger partial charge is 0.191 e. The van der Waals surface area contributed by atoms with E-state index in [0.29, 0.717) is 13.1 Å². The summed E-state index contributed by atoms with van der Waals surface area (Å²) < 4.78 is 10.6. The van der Waals surface area contributed by atoms with Crippen LogP contribution in [0.3, 0.4) is 0 Å². The largest absolute Gasteiger partial charge is 0.497 e. The Morgan fingerprint density at radius 3 is 2.59 bits per heavy atom. The van der Waals surface area contributed by atoms with Gasteiger partial charge in [0, 0.05) is 39.2 Å². The van der Waals surface area contributed by atoms with Gasteiger partial charge in [0.05, 0.1) is 25.9 Å². The maximum Gasteiger partial charge on any atom is 0.191 e. The van der Waals surface area contributed by atoms with E-state index in [9.17, 15) is 0 Å². The first-order chi connectivity index (χ1) is 13.6. The Balaban J connectivity index is 0.00000420. The summed E-state index contributed by atoms with van der Waals surface area (Å²) in [6, 6.07) is 7.95. The first kappa shape index (κ1) is 25.4. The monoisotopic (exact) mass is 533 g/mol. The predicted octanol–water partition coefficient (Wildman–Crippen LogP) is 3.50. The molecule has 2 N–H and O–H groups in total. The second kappa shape index (κ2) is 14.4. The van der Waals surface area contributed by atoms with Crippen molar-refractivity contribution in [3.05, 3.63) is 40.9 Å². The third-order valence-electron chi connectivity index (χ3n) is 3.90. The zero-order chi connectivity index (χ0) is 20.2. The second-order valence-corrected chi connectivity index (χ2v) is 7.20. The van der Waals surface area contributed by atoms with Crippen LogP contribution in [0.15, 0.2) is 34.6 Å². The zero-order valence-corrected chi connectivity index (χ0v) is 20.8. The zero-order valence-electron chi connectivity index (χ0n) is 17.6. The summed E-state index contributed by atoms with van der Waals surface area (Å²) in [7, 11) is 5.66. The van der Waals surface area contributed by atoms with Crippen molar-refractivity contribution in [2.75, 3.05) is 45.9 Å². The summed E-state index contributed by atoms with van der Waals surface area (Å²) >= 11 is 1.64. The fraction of sp³-hybridized carbons (Fsp3) is 0.500. The summed E-state index contributed by atoms with van der Waals surface area (Å²) in [5.41, 5.74) is 2.13. The molecule has 0 saturated carbocycles. The Morgan fingerprint density at radius 1 is 1.21 bits per heavy atom. The molecule has 2 aromatic rings. The number of hydrogen-bond donors (Lipinski definition) is 2. The molecule has 0 amide bonds. The first-order valence-corrected chi connectivity index (χ1v) is 10.3. The van der Waals surface area contributed by atoms with Crippen molar-refractivity contribution in [1.82, 2.24) is 15.6 Å². The van der Waals surface area contributed by atoms with E-state index in [0.717, 1.165) is 54.3 Å². The van der Waals surface area contributed by atoms with Gasteiger partial charge in [0.25, 0.3) is 0 Å². The number of halogens is 1. The van der Waals surface area contributed by atoms with Gasteiger partial charge in [0.1, 0.15) is 5.75 Å². The van der Waals surface area contributed by atoms with Crippen LogP contribution in [0.1, 0.15) is 24.6 Å². The van der Waals surface area contributed by atoms with Crippen molar-refractivity contribution in [1.29, 1.82) is 0 Å². The van der Waals surface area contributed by atoms with Crippen LogP contribution in [0, 0.1) is 0 Å². The van der Waals surface area contributed by atoms with Crippen LogP contribution in [-0.4, -0.2) is 51.9 Å². The van der Waals surface area contributed by atoms with Crippen molar-refractivity contribution in [2.45, 2.75) is 26.4 Å². The lowest BCUT2D eigenvalue weighted by Gasteiger charge is -2.12. The molecule has 0 atom stereocenters. The number of benzene rings is 1. The van der Waals surface area contributed by atoms with Gasteiger partial charge in [-0.15, -0.1) is 35.3 Å². The van der Waals surface area contributed by atoms with Crippen LogP contribution in [0.2, 0.25) is 0 Å². The van der Waals surface area contributed by atoms with Gasteiger partial charge in [-0.1, -0.05) is 12.1 Å². The topological polar surface area (TPSA) is 71.0 Å². The van der Waals surface area contributed by atoms with Gasteiger partial charge in [-0.05, 0) is 31.0 Å². The minimum atomic E-state index is 0. The predicted molar refractivity (Wildman–Crippen MR) is 132 cm³/mol. The second-order valence-electron chi connectivity index (χ2n) is 6.36. The number of nitrogens with zero attached hydrogens (tertiary/aromatic N) is 3. The number of guanidine groups is 1. The number of ether oxygens (including phenoxy) is 2. The SMILES string of the molecule is CCOCCCNC(=NCc1ccc(OC)cc1)NCc1csc(N(C)C)n1.I. The summed E-state index contributed by atoms with van der Waals surface area (Å²) in [5.74, 6) is 1.62. The number of hydrogen-bond acceptors (Lipinski definition) is 6. The van der Waals surface area contributed by atoms with E-state index in [-0.39, 0.29) is 24.0 Å². The standard InChI is InChI=1S/C20H31N5O2S.HI/c1-5-27-12-6-11-21-19(22-13-16-7-9-18(26-4)10-8-16)23-14-17-15-28-20(24-17)25(2)3;/h7-10,15H,5-6,11-14H2,1-4H3,(H2,21,22,23);1H. The Morgan fingerprint density at radius 2 is 1.97 bits per heavy atom. The number of methoxy groups -OCH3 is 1. The quantitative estimate of drug-likeness (QED) is 0.200. The molecule has 7 nitrogen and oxygen atoms in total. The minimum Gasteiger partial charge on any atom is -0.497 e. The third-order valence-corrected chi connectivity index (χ3v) is 4.96. The highest BCUT2D eigenvalue weighted by atomic mass is 127. The first-order valence-electron chi connectivity index (χ1n) is 9.47. The lowest BCUT2D eigenvalue weighted by atomic mass is 10.2. The van der Waals surface area contributed by atoms with E-state index >= 15 is 0 Å². The maximum absolute atomic E-state index is 5.40. The lowest BCUT2D eigenvalue weighted by molar-refractivity contribution is 0.145. The van der Waals surface area contributed by atoms with Crippen LogP contribution in [0.25, 0.3) is 0 Å². The number of thiazole rings is 1. The van der Waals surface area contributed by atoms with Gasteiger partial charge in [0.2, 0.25) is 0 Å². The molecule has 0 aliphatic rings. The van der Waals surface area contributed by atoms with Crippen LogP contribution >= 0.6 is 35.3 Å². The lowest BCUT2D eigenvalue weighted by Crippen LogP contribution is -2.38. The van der Waals surface area contributed by atoms with Crippen molar-refractivity contribution < 1.29 is 9.47 Å². The number of aliphatic imine (C=N–C) groups is 1. The molecule has 162 valence electrons. The number of aromatic nitrogens is 1. The molecular formula is C20H32IN5O2S. The fourth-order valence-corrected chi connectivity index (χ4v) is 3.12. The molecule has 0 saturated heterocycles. The molecule has 1 heterocycles. The van der Waals surface area contributed by atoms with Crippen LogP contribution in [0.5, 0.6) is 5.75 Å². The molecule has 0 fully saturated rings. The number of rotatable bonds is 11. The molecule has 2 rings (SSSR count). The van der Waals surface area contributed by atoms with Gasteiger partial charge in [-0.2, -0.15) is 0 Å². The fourth-order valence-electron chi connectivity index (χ4n) is 2.36. The maximum atomic E-state index is 5.40. The van der Waals surface area contributed by atoms with E-state index in [1.807, 2.05) is 50.2 Å². The average Bonchev–Trinajstić information content (AvgIpc) is 3.19. The van der Waals surface area contributed by atoms with Gasteiger partial charge >= 0.3 is 0 Å². The van der Waals surface area contributed by atoms with Crippen molar-refractivity contribution in [2.24, 2.45) is 4.99 Å².